The number of carbonyl (C=O) groups is 3. The van der Waals surface area contributed by atoms with E-state index in [1.54, 1.807) is 11.0 Å². The standard InChI is InChI=1S/C39H34Cl2N2O7S/c1-21(44)49-31-14-29-34(27-10-5-3-8-25(27)31)23(16-40)18-42(29)20-33-36-37(48-13-7-12-47-36)38(51-33)39(46)43-19-24(17-41)35-28-11-6-4-9-26(28)32(15-30(35)43)50-22(2)45/h3-6,8-11,14-15,23-24H,7,12-13,16-20H2,1-2H3. The van der Waals surface area contributed by atoms with Crippen molar-refractivity contribution < 1.29 is 33.3 Å². The van der Waals surface area contributed by atoms with Gasteiger partial charge in [0.05, 0.1) is 30.3 Å². The zero-order valence-electron chi connectivity index (χ0n) is 28.0. The fourth-order valence-corrected chi connectivity index (χ4v) is 9.31. The first-order chi connectivity index (χ1) is 24.8. The number of anilines is 2. The molecule has 8 rings (SSSR count). The molecule has 5 aromatic rings. The molecule has 3 aliphatic heterocycles. The number of carbonyl (C=O) groups excluding carboxylic acids is 3. The number of halogens is 2. The Morgan fingerprint density at radius 1 is 0.765 bits per heavy atom. The van der Waals surface area contributed by atoms with Crippen molar-refractivity contribution in [3.8, 4) is 23.0 Å². The number of benzene rings is 4. The van der Waals surface area contributed by atoms with Crippen molar-refractivity contribution in [2.75, 3.05) is 47.9 Å². The second-order valence-electron chi connectivity index (χ2n) is 13.0. The zero-order valence-corrected chi connectivity index (χ0v) is 30.3. The summed E-state index contributed by atoms with van der Waals surface area (Å²) in [5.74, 6) is 1.39. The third-order valence-corrected chi connectivity index (χ3v) is 11.5. The van der Waals surface area contributed by atoms with Crippen LogP contribution in [0.25, 0.3) is 21.5 Å². The highest BCUT2D eigenvalue weighted by Gasteiger charge is 2.40. The van der Waals surface area contributed by atoms with Gasteiger partial charge in [-0.2, -0.15) is 0 Å². The maximum atomic E-state index is 14.7. The van der Waals surface area contributed by atoms with Crippen LogP contribution in [0.5, 0.6) is 23.0 Å². The maximum Gasteiger partial charge on any atom is 0.308 e. The van der Waals surface area contributed by atoms with Crippen molar-refractivity contribution in [1.82, 2.24) is 0 Å². The largest absolute Gasteiger partial charge is 0.488 e. The molecule has 9 nitrogen and oxygen atoms in total. The molecule has 0 saturated carbocycles. The van der Waals surface area contributed by atoms with Gasteiger partial charge in [-0.3, -0.25) is 14.4 Å². The summed E-state index contributed by atoms with van der Waals surface area (Å²) in [6.45, 7) is 5.02. The minimum Gasteiger partial charge on any atom is -0.488 e. The van der Waals surface area contributed by atoms with E-state index in [4.69, 9.17) is 42.1 Å². The average molecular weight is 746 g/mol. The predicted octanol–water partition coefficient (Wildman–Crippen LogP) is 8.39. The fraction of sp³-hybridized carbons (Fsp3) is 0.308. The van der Waals surface area contributed by atoms with Crippen LogP contribution in [0, 0.1) is 0 Å². The Hall–Kier alpha value is -4.51. The highest BCUT2D eigenvalue weighted by Crippen LogP contribution is 2.51. The van der Waals surface area contributed by atoms with Gasteiger partial charge in [-0.05, 0) is 21.9 Å². The lowest BCUT2D eigenvalue weighted by Crippen LogP contribution is -2.29. The van der Waals surface area contributed by atoms with Gasteiger partial charge in [-0.1, -0.05) is 48.5 Å². The molecule has 2 unspecified atom stereocenters. The van der Waals surface area contributed by atoms with E-state index in [1.165, 1.54) is 25.2 Å². The second-order valence-corrected chi connectivity index (χ2v) is 14.7. The highest BCUT2D eigenvalue weighted by atomic mass is 35.5. The van der Waals surface area contributed by atoms with Crippen LogP contribution in [-0.2, 0) is 16.1 Å². The van der Waals surface area contributed by atoms with Crippen LogP contribution in [0.4, 0.5) is 11.4 Å². The van der Waals surface area contributed by atoms with E-state index in [1.807, 2.05) is 54.6 Å². The molecule has 3 aliphatic rings. The Morgan fingerprint density at radius 2 is 1.29 bits per heavy atom. The average Bonchev–Trinajstić information content (AvgIpc) is 3.72. The summed E-state index contributed by atoms with van der Waals surface area (Å²) in [5, 5.41) is 3.51. The van der Waals surface area contributed by atoms with Crippen molar-refractivity contribution in [1.29, 1.82) is 0 Å². The normalized spacial score (nSPS) is 17.7. The Labute approximate surface area is 308 Å². The molecule has 1 amide bonds. The summed E-state index contributed by atoms with van der Waals surface area (Å²) in [5.41, 5.74) is 3.62. The molecular weight excluding hydrogens is 711 g/mol. The Balaban J connectivity index is 1.21. The quantitative estimate of drug-likeness (QED) is 0.0932. The third kappa shape index (κ3) is 5.83. The van der Waals surface area contributed by atoms with Gasteiger partial charge >= 0.3 is 11.9 Å². The van der Waals surface area contributed by atoms with Crippen LogP contribution in [0.3, 0.4) is 0 Å². The molecule has 0 N–H and O–H groups in total. The number of nitrogens with zero attached hydrogens (tertiary/aromatic N) is 2. The second kappa shape index (κ2) is 13.6. The minimum absolute atomic E-state index is 0.0320. The van der Waals surface area contributed by atoms with E-state index < -0.39 is 11.9 Å². The van der Waals surface area contributed by atoms with E-state index in [-0.39, 0.29) is 17.7 Å². The summed E-state index contributed by atoms with van der Waals surface area (Å²) >= 11 is 14.5. The Bertz CT molecular complexity index is 2240. The molecular formula is C39H34Cl2N2O7S. The molecule has 0 spiro atoms. The number of ether oxygens (including phenoxy) is 4. The lowest BCUT2D eigenvalue weighted by molar-refractivity contribution is -0.132. The predicted molar refractivity (Wildman–Crippen MR) is 200 cm³/mol. The summed E-state index contributed by atoms with van der Waals surface area (Å²) in [4.78, 5) is 44.2. The van der Waals surface area contributed by atoms with Crippen molar-refractivity contribution in [3.63, 3.8) is 0 Å². The number of amides is 1. The first-order valence-electron chi connectivity index (χ1n) is 16.9. The SMILES string of the molecule is CC(=O)Oc1cc2c(c3ccccc13)C(CCl)CN2Cc1sc(C(=O)N2CC(CCl)c3c2cc(OC(C)=O)c2ccccc32)c2c1OCCCO2. The molecule has 1 aromatic heterocycles. The number of fused-ring (bicyclic) bond motifs is 7. The van der Waals surface area contributed by atoms with Crippen LogP contribution < -0.4 is 28.7 Å². The van der Waals surface area contributed by atoms with Gasteiger partial charge in [0.2, 0.25) is 0 Å². The fourth-order valence-electron chi connectivity index (χ4n) is 7.65. The number of hydrogen-bond acceptors (Lipinski definition) is 9. The van der Waals surface area contributed by atoms with Crippen molar-refractivity contribution in [3.05, 3.63) is 81.5 Å². The zero-order chi connectivity index (χ0) is 35.4. The van der Waals surface area contributed by atoms with E-state index in [0.717, 1.165) is 43.2 Å². The van der Waals surface area contributed by atoms with Crippen LogP contribution in [0.15, 0.2) is 60.7 Å². The molecule has 12 heteroatoms. The summed E-state index contributed by atoms with van der Waals surface area (Å²) < 4.78 is 23.9. The molecule has 4 aromatic carbocycles. The Morgan fingerprint density at radius 3 is 1.88 bits per heavy atom. The van der Waals surface area contributed by atoms with Crippen LogP contribution in [-0.4, -0.2) is 55.9 Å². The van der Waals surface area contributed by atoms with E-state index in [0.29, 0.717) is 84.6 Å². The topological polar surface area (TPSA) is 94.6 Å². The van der Waals surface area contributed by atoms with Crippen molar-refractivity contribution >= 4 is 85.3 Å². The number of esters is 2. The lowest BCUT2D eigenvalue weighted by atomic mass is 9.95. The highest BCUT2D eigenvalue weighted by molar-refractivity contribution is 7.15. The van der Waals surface area contributed by atoms with Gasteiger partial charge in [-0.15, -0.1) is 34.5 Å². The van der Waals surface area contributed by atoms with Crippen LogP contribution in [0.1, 0.15) is 57.8 Å². The molecule has 0 saturated heterocycles. The molecule has 262 valence electrons. The summed E-state index contributed by atoms with van der Waals surface area (Å²) in [6, 6.07) is 19.3. The molecule has 2 atom stereocenters. The van der Waals surface area contributed by atoms with Gasteiger partial charge in [0.25, 0.3) is 5.91 Å². The Kier molecular flexibility index (Phi) is 8.94. The van der Waals surface area contributed by atoms with Crippen molar-refractivity contribution in [2.24, 2.45) is 0 Å². The van der Waals surface area contributed by atoms with Gasteiger partial charge in [0.15, 0.2) is 11.5 Å². The van der Waals surface area contributed by atoms with Crippen molar-refractivity contribution in [2.45, 2.75) is 38.6 Å². The van der Waals surface area contributed by atoms with E-state index in [9.17, 15) is 14.4 Å². The minimum atomic E-state index is -0.448. The summed E-state index contributed by atoms with van der Waals surface area (Å²) in [6.07, 6.45) is 0.670. The van der Waals surface area contributed by atoms with Gasteiger partial charge in [0.1, 0.15) is 16.4 Å². The molecule has 0 radical (unpaired) electrons. The van der Waals surface area contributed by atoms with Gasteiger partial charge in [0, 0.05) is 85.5 Å². The monoisotopic (exact) mass is 744 g/mol. The summed E-state index contributed by atoms with van der Waals surface area (Å²) in [7, 11) is 0. The first kappa shape index (κ1) is 33.6. The first-order valence-corrected chi connectivity index (χ1v) is 18.7. The number of rotatable bonds is 7. The maximum absolute atomic E-state index is 14.7. The lowest BCUT2D eigenvalue weighted by Gasteiger charge is -2.21. The molecule has 0 bridgehead atoms. The third-order valence-electron chi connectivity index (χ3n) is 9.67. The molecule has 0 fully saturated rings. The molecule has 51 heavy (non-hydrogen) atoms. The number of alkyl halides is 2. The number of thiophene rings is 1. The van der Waals surface area contributed by atoms with E-state index in [2.05, 4.69) is 4.90 Å². The van der Waals surface area contributed by atoms with Gasteiger partial charge < -0.3 is 28.7 Å². The van der Waals surface area contributed by atoms with Gasteiger partial charge in [-0.25, -0.2) is 0 Å². The molecule has 0 aliphatic carbocycles. The number of hydrogen-bond donors (Lipinski definition) is 0. The smallest absolute Gasteiger partial charge is 0.308 e. The van der Waals surface area contributed by atoms with Crippen LogP contribution >= 0.6 is 34.5 Å². The van der Waals surface area contributed by atoms with E-state index >= 15 is 0 Å². The molecule has 4 heterocycles. The van der Waals surface area contributed by atoms with Crippen LogP contribution in [0.2, 0.25) is 0 Å².